The first kappa shape index (κ1) is 14.5. The maximum absolute atomic E-state index is 9.94. The van der Waals surface area contributed by atoms with E-state index < -0.39 is 0 Å². The summed E-state index contributed by atoms with van der Waals surface area (Å²) in [5.74, 6) is 0.300. The van der Waals surface area contributed by atoms with Crippen LogP contribution in [0.3, 0.4) is 0 Å². The molecule has 0 aliphatic rings. The predicted molar refractivity (Wildman–Crippen MR) is 84.3 cm³/mol. The third-order valence-corrected chi connectivity index (χ3v) is 4.60. The van der Waals surface area contributed by atoms with Crippen molar-refractivity contribution in [1.82, 2.24) is 0 Å². The molecule has 2 aromatic rings. The van der Waals surface area contributed by atoms with Crippen LogP contribution in [-0.4, -0.2) is 5.11 Å². The molecule has 0 aromatic heterocycles. The molecule has 0 bridgehead atoms. The lowest BCUT2D eigenvalue weighted by Crippen LogP contribution is -2.01. The molecule has 0 saturated carbocycles. The van der Waals surface area contributed by atoms with E-state index in [1.807, 2.05) is 37.3 Å². The number of phenolic OH excluding ortho intramolecular Hbond substituents is 1. The Labute approximate surface area is 130 Å². The first-order chi connectivity index (χ1) is 9.00. The van der Waals surface area contributed by atoms with Crippen LogP contribution in [-0.2, 0) is 6.54 Å². The van der Waals surface area contributed by atoms with Gasteiger partial charge in [0.05, 0.1) is 15.7 Å². The van der Waals surface area contributed by atoms with Gasteiger partial charge in [0.15, 0.2) is 0 Å². The highest BCUT2D eigenvalue weighted by molar-refractivity contribution is 9.10. The highest BCUT2D eigenvalue weighted by Gasteiger charge is 2.09. The van der Waals surface area contributed by atoms with Gasteiger partial charge in [-0.05, 0) is 40.5 Å². The van der Waals surface area contributed by atoms with Gasteiger partial charge in [-0.1, -0.05) is 41.4 Å². The molecule has 0 amide bonds. The summed E-state index contributed by atoms with van der Waals surface area (Å²) >= 11 is 15.5. The molecule has 0 radical (unpaired) electrons. The Hall–Kier alpha value is -0.900. The van der Waals surface area contributed by atoms with Crippen molar-refractivity contribution in [3.8, 4) is 5.75 Å². The molecule has 100 valence electrons. The average molecular weight is 361 g/mol. The number of para-hydroxylation sites is 1. The van der Waals surface area contributed by atoms with Crippen LogP contribution in [0.4, 0.5) is 5.69 Å². The number of hydrogen-bond donors (Lipinski definition) is 2. The first-order valence-electron chi connectivity index (χ1n) is 5.65. The topological polar surface area (TPSA) is 32.3 Å². The van der Waals surface area contributed by atoms with Gasteiger partial charge in [-0.15, -0.1) is 0 Å². The molecule has 0 spiro atoms. The van der Waals surface area contributed by atoms with E-state index in [1.54, 1.807) is 0 Å². The summed E-state index contributed by atoms with van der Waals surface area (Å²) in [5, 5.41) is 14.0. The molecule has 0 heterocycles. The second-order valence-corrected chi connectivity index (χ2v) is 5.77. The predicted octanol–water partition coefficient (Wildman–Crippen LogP) is 5.38. The second-order valence-electron chi connectivity index (χ2n) is 4.16. The molecule has 0 saturated heterocycles. The van der Waals surface area contributed by atoms with Crippen molar-refractivity contribution in [1.29, 1.82) is 0 Å². The fourth-order valence-corrected chi connectivity index (χ4v) is 2.56. The highest BCUT2D eigenvalue weighted by atomic mass is 79.9. The molecule has 0 unspecified atom stereocenters. The molecule has 2 N–H and O–H groups in total. The van der Waals surface area contributed by atoms with Crippen LogP contribution in [0.1, 0.15) is 11.1 Å². The van der Waals surface area contributed by atoms with Crippen molar-refractivity contribution in [2.24, 2.45) is 0 Å². The maximum Gasteiger partial charge on any atom is 0.123 e. The van der Waals surface area contributed by atoms with Crippen LogP contribution in [0.15, 0.2) is 34.8 Å². The molecule has 0 aliphatic heterocycles. The minimum absolute atomic E-state index is 0.300. The summed E-state index contributed by atoms with van der Waals surface area (Å²) in [5.41, 5.74) is 2.39. The number of anilines is 1. The quantitative estimate of drug-likeness (QED) is 0.720. The van der Waals surface area contributed by atoms with Gasteiger partial charge in [0.25, 0.3) is 0 Å². The van der Waals surface area contributed by atoms with Crippen molar-refractivity contribution in [2.75, 3.05) is 5.32 Å². The van der Waals surface area contributed by atoms with Crippen LogP contribution in [0.2, 0.25) is 10.0 Å². The molecule has 0 atom stereocenters. The van der Waals surface area contributed by atoms with Gasteiger partial charge in [-0.2, -0.15) is 0 Å². The van der Waals surface area contributed by atoms with Crippen molar-refractivity contribution in [3.05, 3.63) is 56.0 Å². The number of halogens is 3. The minimum Gasteiger partial charge on any atom is -0.507 e. The smallest absolute Gasteiger partial charge is 0.123 e. The van der Waals surface area contributed by atoms with E-state index in [9.17, 15) is 5.11 Å². The molecular weight excluding hydrogens is 349 g/mol. The van der Waals surface area contributed by atoms with E-state index in [4.69, 9.17) is 23.2 Å². The molecule has 2 rings (SSSR count). The number of hydrogen-bond acceptors (Lipinski definition) is 2. The molecule has 0 aliphatic carbocycles. The Kier molecular flexibility index (Phi) is 4.61. The first-order valence-corrected chi connectivity index (χ1v) is 7.20. The Morgan fingerprint density at radius 2 is 1.89 bits per heavy atom. The average Bonchev–Trinajstić information content (AvgIpc) is 2.40. The number of benzene rings is 2. The summed E-state index contributed by atoms with van der Waals surface area (Å²) in [6.45, 7) is 2.34. The largest absolute Gasteiger partial charge is 0.507 e. The summed E-state index contributed by atoms with van der Waals surface area (Å²) in [4.78, 5) is 0. The van der Waals surface area contributed by atoms with E-state index in [2.05, 4.69) is 21.2 Å². The molecule has 0 fully saturated rings. The van der Waals surface area contributed by atoms with E-state index in [0.29, 0.717) is 22.3 Å². The van der Waals surface area contributed by atoms with E-state index in [1.165, 1.54) is 0 Å². The Balaban J connectivity index is 2.20. The molecule has 2 aromatic carbocycles. The Bertz CT molecular complexity index is 617. The van der Waals surface area contributed by atoms with Gasteiger partial charge in [0.1, 0.15) is 5.75 Å². The van der Waals surface area contributed by atoms with E-state index >= 15 is 0 Å². The SMILES string of the molecule is Cc1cccc(CNc2ccc(Br)c(Cl)c2Cl)c1O. The Morgan fingerprint density at radius 3 is 2.63 bits per heavy atom. The standard InChI is InChI=1S/C14H12BrCl2NO/c1-8-3-2-4-9(14(8)19)7-18-11-6-5-10(15)12(16)13(11)17/h2-6,18-19H,7H2,1H3. The van der Waals surface area contributed by atoms with Gasteiger partial charge in [0.2, 0.25) is 0 Å². The zero-order chi connectivity index (χ0) is 14.0. The number of rotatable bonds is 3. The minimum atomic E-state index is 0.300. The lowest BCUT2D eigenvalue weighted by Gasteiger charge is -2.12. The molecule has 5 heteroatoms. The van der Waals surface area contributed by atoms with Crippen molar-refractivity contribution >= 4 is 44.8 Å². The number of nitrogens with one attached hydrogen (secondary N) is 1. The van der Waals surface area contributed by atoms with Crippen LogP contribution < -0.4 is 5.32 Å². The van der Waals surface area contributed by atoms with Gasteiger partial charge in [0, 0.05) is 16.6 Å². The van der Waals surface area contributed by atoms with E-state index in [-0.39, 0.29) is 0 Å². The number of aromatic hydroxyl groups is 1. The second kappa shape index (κ2) is 6.04. The number of aryl methyl sites for hydroxylation is 1. The zero-order valence-corrected chi connectivity index (χ0v) is 13.3. The van der Waals surface area contributed by atoms with Gasteiger partial charge in [-0.25, -0.2) is 0 Å². The summed E-state index contributed by atoms with van der Waals surface area (Å²) in [6.07, 6.45) is 0. The van der Waals surface area contributed by atoms with Crippen molar-refractivity contribution < 1.29 is 5.11 Å². The Morgan fingerprint density at radius 1 is 1.16 bits per heavy atom. The van der Waals surface area contributed by atoms with Crippen LogP contribution in [0, 0.1) is 6.92 Å². The normalized spacial score (nSPS) is 10.5. The molecule has 19 heavy (non-hydrogen) atoms. The maximum atomic E-state index is 9.94. The summed E-state index contributed by atoms with van der Waals surface area (Å²) < 4.78 is 0.753. The monoisotopic (exact) mass is 359 g/mol. The third kappa shape index (κ3) is 3.16. The van der Waals surface area contributed by atoms with Gasteiger partial charge < -0.3 is 10.4 Å². The van der Waals surface area contributed by atoms with Crippen LogP contribution in [0.5, 0.6) is 5.75 Å². The molecular formula is C14H12BrCl2NO. The lowest BCUT2D eigenvalue weighted by molar-refractivity contribution is 0.465. The lowest BCUT2D eigenvalue weighted by atomic mass is 10.1. The fraction of sp³-hybridized carbons (Fsp3) is 0.143. The van der Waals surface area contributed by atoms with Gasteiger partial charge >= 0.3 is 0 Å². The summed E-state index contributed by atoms with van der Waals surface area (Å²) in [7, 11) is 0. The van der Waals surface area contributed by atoms with Crippen LogP contribution in [0.25, 0.3) is 0 Å². The highest BCUT2D eigenvalue weighted by Crippen LogP contribution is 2.36. The third-order valence-electron chi connectivity index (χ3n) is 2.83. The van der Waals surface area contributed by atoms with Crippen molar-refractivity contribution in [2.45, 2.75) is 13.5 Å². The van der Waals surface area contributed by atoms with Gasteiger partial charge in [-0.3, -0.25) is 0 Å². The zero-order valence-electron chi connectivity index (χ0n) is 10.2. The fourth-order valence-electron chi connectivity index (χ4n) is 1.72. The molecule has 2 nitrogen and oxygen atoms in total. The summed E-state index contributed by atoms with van der Waals surface area (Å²) in [6, 6.07) is 9.30. The number of phenols is 1. The van der Waals surface area contributed by atoms with E-state index in [0.717, 1.165) is 21.3 Å². The van der Waals surface area contributed by atoms with Crippen molar-refractivity contribution in [3.63, 3.8) is 0 Å². The van der Waals surface area contributed by atoms with Crippen LogP contribution >= 0.6 is 39.1 Å².